The van der Waals surface area contributed by atoms with Gasteiger partial charge in [-0.25, -0.2) is 0 Å². The Labute approximate surface area is 150 Å². The summed E-state index contributed by atoms with van der Waals surface area (Å²) in [7, 11) is -1.64. The third kappa shape index (κ3) is 6.92. The fraction of sp³-hybridized carbons (Fsp3) is 0.619. The van der Waals surface area contributed by atoms with Gasteiger partial charge in [0.25, 0.3) is 0 Å². The number of rotatable bonds is 10. The van der Waals surface area contributed by atoms with E-state index in [-0.39, 0.29) is 11.1 Å². The van der Waals surface area contributed by atoms with E-state index in [9.17, 15) is 0 Å². The first-order valence-corrected chi connectivity index (χ1v) is 12.0. The standard InChI is InChI=1S/C21H36O2Si/c1-8-18(2)20(22-17-19-13-10-9-11-14-19)15-12-16-23-24(6,7)21(3,4)5/h8-11,13-14,18,20H,1,12,15-17H2,2-7H3/t18-,20+/m0/s1. The summed E-state index contributed by atoms with van der Waals surface area (Å²) in [6.07, 6.45) is 4.23. The minimum Gasteiger partial charge on any atom is -0.417 e. The zero-order valence-corrected chi connectivity index (χ0v) is 17.5. The molecule has 0 aromatic heterocycles. The normalized spacial score (nSPS) is 15.1. The van der Waals surface area contributed by atoms with Gasteiger partial charge in [-0.2, -0.15) is 0 Å². The fourth-order valence-corrected chi connectivity index (χ4v) is 3.34. The first-order valence-electron chi connectivity index (χ1n) is 9.09. The molecule has 1 rings (SSSR count). The van der Waals surface area contributed by atoms with Gasteiger partial charge in [-0.1, -0.05) is 64.1 Å². The third-order valence-corrected chi connectivity index (χ3v) is 9.71. The van der Waals surface area contributed by atoms with Crippen LogP contribution in [-0.4, -0.2) is 21.0 Å². The van der Waals surface area contributed by atoms with Gasteiger partial charge in [-0.3, -0.25) is 0 Å². The Balaban J connectivity index is 2.45. The van der Waals surface area contributed by atoms with Crippen LogP contribution in [0.2, 0.25) is 18.1 Å². The molecule has 2 nitrogen and oxygen atoms in total. The molecule has 136 valence electrons. The second-order valence-electron chi connectivity index (χ2n) is 8.18. The lowest BCUT2D eigenvalue weighted by Crippen LogP contribution is -2.41. The van der Waals surface area contributed by atoms with Crippen molar-refractivity contribution in [1.82, 2.24) is 0 Å². The van der Waals surface area contributed by atoms with E-state index < -0.39 is 8.32 Å². The largest absolute Gasteiger partial charge is 0.417 e. The molecule has 0 spiro atoms. The molecule has 0 aliphatic carbocycles. The van der Waals surface area contributed by atoms with Gasteiger partial charge in [-0.15, -0.1) is 6.58 Å². The maximum absolute atomic E-state index is 6.28. The number of benzene rings is 1. The molecule has 0 saturated carbocycles. The average Bonchev–Trinajstić information content (AvgIpc) is 2.53. The molecule has 2 atom stereocenters. The van der Waals surface area contributed by atoms with Crippen LogP contribution in [0, 0.1) is 5.92 Å². The highest BCUT2D eigenvalue weighted by molar-refractivity contribution is 6.74. The molecule has 0 N–H and O–H groups in total. The van der Waals surface area contributed by atoms with Crippen molar-refractivity contribution in [3.05, 3.63) is 48.6 Å². The SMILES string of the molecule is C=C[C@H](C)[C@@H](CCCO[Si](C)(C)C(C)(C)C)OCc1ccccc1. The molecule has 0 amide bonds. The second kappa shape index (κ2) is 9.55. The van der Waals surface area contributed by atoms with Gasteiger partial charge in [0, 0.05) is 6.61 Å². The van der Waals surface area contributed by atoms with Crippen molar-refractivity contribution in [1.29, 1.82) is 0 Å². The average molecular weight is 349 g/mol. The molecule has 0 unspecified atom stereocenters. The van der Waals surface area contributed by atoms with Gasteiger partial charge in [-0.05, 0) is 42.5 Å². The van der Waals surface area contributed by atoms with Gasteiger partial charge in [0.05, 0.1) is 12.7 Å². The highest BCUT2D eigenvalue weighted by Gasteiger charge is 2.36. The maximum Gasteiger partial charge on any atom is 0.191 e. The molecule has 0 radical (unpaired) electrons. The van der Waals surface area contributed by atoms with Crippen LogP contribution >= 0.6 is 0 Å². The molecule has 1 aromatic carbocycles. The molecule has 1 aromatic rings. The van der Waals surface area contributed by atoms with Crippen molar-refractivity contribution in [2.24, 2.45) is 5.92 Å². The van der Waals surface area contributed by atoms with Crippen LogP contribution in [-0.2, 0) is 15.8 Å². The van der Waals surface area contributed by atoms with E-state index in [0.717, 1.165) is 19.4 Å². The van der Waals surface area contributed by atoms with Crippen LogP contribution in [0.25, 0.3) is 0 Å². The zero-order chi connectivity index (χ0) is 18.2. The van der Waals surface area contributed by atoms with Crippen molar-refractivity contribution in [2.45, 2.75) is 71.4 Å². The molecule has 3 heteroatoms. The van der Waals surface area contributed by atoms with Crippen LogP contribution in [0.5, 0.6) is 0 Å². The molecule has 0 bridgehead atoms. The van der Waals surface area contributed by atoms with Gasteiger partial charge in [0.2, 0.25) is 0 Å². The predicted molar refractivity (Wildman–Crippen MR) is 107 cm³/mol. The molecular formula is C21H36O2Si. The molecule has 0 aliphatic rings. The van der Waals surface area contributed by atoms with Crippen LogP contribution in [0.1, 0.15) is 46.1 Å². The Morgan fingerprint density at radius 3 is 2.33 bits per heavy atom. The minimum atomic E-state index is -1.64. The summed E-state index contributed by atoms with van der Waals surface area (Å²) < 4.78 is 12.4. The third-order valence-electron chi connectivity index (χ3n) is 5.17. The Morgan fingerprint density at radius 1 is 1.17 bits per heavy atom. The molecular weight excluding hydrogens is 312 g/mol. The lowest BCUT2D eigenvalue weighted by atomic mass is 10.0. The summed E-state index contributed by atoms with van der Waals surface area (Å²) in [5, 5.41) is 0.268. The number of hydrogen-bond acceptors (Lipinski definition) is 2. The predicted octanol–water partition coefficient (Wildman–Crippen LogP) is 6.20. The van der Waals surface area contributed by atoms with Crippen LogP contribution in [0.4, 0.5) is 0 Å². The van der Waals surface area contributed by atoms with Gasteiger partial charge < -0.3 is 9.16 Å². The zero-order valence-electron chi connectivity index (χ0n) is 16.5. The summed E-state index contributed by atoms with van der Waals surface area (Å²) in [5.74, 6) is 0.349. The van der Waals surface area contributed by atoms with E-state index >= 15 is 0 Å². The summed E-state index contributed by atoms with van der Waals surface area (Å²) in [6.45, 7) is 19.1. The highest BCUT2D eigenvalue weighted by atomic mass is 28.4. The van der Waals surface area contributed by atoms with E-state index in [1.165, 1.54) is 5.56 Å². The summed E-state index contributed by atoms with van der Waals surface area (Å²) in [5.41, 5.74) is 1.22. The van der Waals surface area contributed by atoms with Crippen molar-refractivity contribution < 1.29 is 9.16 Å². The van der Waals surface area contributed by atoms with Crippen molar-refractivity contribution in [2.75, 3.05) is 6.61 Å². The van der Waals surface area contributed by atoms with E-state index in [2.05, 4.69) is 71.6 Å². The number of hydrogen-bond donors (Lipinski definition) is 0. The van der Waals surface area contributed by atoms with E-state index in [1.54, 1.807) is 0 Å². The van der Waals surface area contributed by atoms with E-state index in [4.69, 9.17) is 9.16 Å². The molecule has 0 aliphatic heterocycles. The summed E-state index contributed by atoms with van der Waals surface area (Å²) in [6, 6.07) is 10.4. The minimum absolute atomic E-state index is 0.200. The first kappa shape index (κ1) is 21.1. The van der Waals surface area contributed by atoms with E-state index in [1.807, 2.05) is 12.1 Å². The van der Waals surface area contributed by atoms with Crippen molar-refractivity contribution in [3.63, 3.8) is 0 Å². The van der Waals surface area contributed by atoms with Gasteiger partial charge in [0.15, 0.2) is 8.32 Å². The Bertz CT molecular complexity index is 476. The smallest absolute Gasteiger partial charge is 0.191 e. The number of ether oxygens (including phenoxy) is 1. The van der Waals surface area contributed by atoms with Crippen molar-refractivity contribution in [3.8, 4) is 0 Å². The van der Waals surface area contributed by atoms with Gasteiger partial charge in [0.1, 0.15) is 0 Å². The topological polar surface area (TPSA) is 18.5 Å². The molecule has 0 heterocycles. The summed E-state index contributed by atoms with van der Waals surface area (Å²) in [4.78, 5) is 0. The van der Waals surface area contributed by atoms with Gasteiger partial charge >= 0.3 is 0 Å². The molecule has 0 saturated heterocycles. The second-order valence-corrected chi connectivity index (χ2v) is 13.0. The molecule has 24 heavy (non-hydrogen) atoms. The lowest BCUT2D eigenvalue weighted by Gasteiger charge is -2.36. The Hall–Kier alpha value is -0.903. The van der Waals surface area contributed by atoms with Crippen molar-refractivity contribution >= 4 is 8.32 Å². The van der Waals surface area contributed by atoms with Crippen LogP contribution in [0.3, 0.4) is 0 Å². The maximum atomic E-state index is 6.28. The van der Waals surface area contributed by atoms with E-state index in [0.29, 0.717) is 12.5 Å². The highest BCUT2D eigenvalue weighted by Crippen LogP contribution is 2.36. The molecule has 0 fully saturated rings. The first-order chi connectivity index (χ1) is 11.2. The quantitative estimate of drug-likeness (QED) is 0.285. The van der Waals surface area contributed by atoms with Crippen LogP contribution < -0.4 is 0 Å². The monoisotopic (exact) mass is 348 g/mol. The Morgan fingerprint density at radius 2 is 1.79 bits per heavy atom. The summed E-state index contributed by atoms with van der Waals surface area (Å²) >= 11 is 0. The Kier molecular flexibility index (Phi) is 8.41. The van der Waals surface area contributed by atoms with Crippen LogP contribution in [0.15, 0.2) is 43.0 Å². The fourth-order valence-electron chi connectivity index (χ4n) is 2.26. The lowest BCUT2D eigenvalue weighted by molar-refractivity contribution is 0.00904.